The number of hydrogen-bond donors (Lipinski definition) is 1. The number of carboxylic acids is 1. The maximum Gasteiger partial charge on any atom is 0.328 e. The molecule has 0 amide bonds. The summed E-state index contributed by atoms with van der Waals surface area (Å²) in [6, 6.07) is 4.31. The zero-order chi connectivity index (χ0) is 13.0. The van der Waals surface area contributed by atoms with Crippen molar-refractivity contribution in [1.82, 2.24) is 0 Å². The Hall–Kier alpha value is -1.68. The molecule has 3 nitrogen and oxygen atoms in total. The molecule has 1 aromatic carbocycles. The monoisotopic (exact) mass is 250 g/mol. The highest BCUT2D eigenvalue weighted by Crippen LogP contribution is 2.24. The summed E-state index contributed by atoms with van der Waals surface area (Å²) in [6.45, 7) is 0.393. The van der Waals surface area contributed by atoms with Crippen molar-refractivity contribution in [3.05, 3.63) is 41.2 Å². The van der Waals surface area contributed by atoms with Crippen molar-refractivity contribution in [2.45, 2.75) is 32.0 Å². The van der Waals surface area contributed by atoms with E-state index in [9.17, 15) is 9.18 Å². The van der Waals surface area contributed by atoms with E-state index in [1.54, 1.807) is 6.07 Å². The minimum Gasteiger partial charge on any atom is -0.478 e. The summed E-state index contributed by atoms with van der Waals surface area (Å²) in [6.07, 6.45) is 6.03. The van der Waals surface area contributed by atoms with Gasteiger partial charge in [-0.1, -0.05) is 6.07 Å². The van der Waals surface area contributed by atoms with Crippen molar-refractivity contribution in [2.75, 3.05) is 0 Å². The molecule has 0 unspecified atom stereocenters. The number of halogens is 1. The first kappa shape index (κ1) is 12.8. The van der Waals surface area contributed by atoms with E-state index in [1.165, 1.54) is 24.6 Å². The van der Waals surface area contributed by atoms with Gasteiger partial charge in [0.05, 0.1) is 12.7 Å². The zero-order valence-corrected chi connectivity index (χ0v) is 9.93. The van der Waals surface area contributed by atoms with Gasteiger partial charge >= 0.3 is 5.97 Å². The molecule has 0 spiro atoms. The Labute approximate surface area is 105 Å². The molecule has 96 valence electrons. The molecule has 1 aliphatic rings. The van der Waals surface area contributed by atoms with Crippen LogP contribution in [0.3, 0.4) is 0 Å². The van der Waals surface area contributed by atoms with E-state index in [4.69, 9.17) is 9.84 Å². The van der Waals surface area contributed by atoms with Crippen LogP contribution in [0, 0.1) is 5.82 Å². The summed E-state index contributed by atoms with van der Waals surface area (Å²) in [5, 5.41) is 8.59. The molecule has 0 bridgehead atoms. The van der Waals surface area contributed by atoms with Gasteiger partial charge in [0.15, 0.2) is 0 Å². The van der Waals surface area contributed by atoms with Gasteiger partial charge in [-0.3, -0.25) is 0 Å². The Kier molecular flexibility index (Phi) is 4.10. The highest BCUT2D eigenvalue weighted by atomic mass is 19.1. The van der Waals surface area contributed by atoms with Gasteiger partial charge in [0.25, 0.3) is 0 Å². The minimum absolute atomic E-state index is 0.298. The quantitative estimate of drug-likeness (QED) is 0.817. The Morgan fingerprint density at radius 2 is 2.28 bits per heavy atom. The smallest absolute Gasteiger partial charge is 0.328 e. The van der Waals surface area contributed by atoms with Crippen molar-refractivity contribution in [3.63, 3.8) is 0 Å². The first-order valence-corrected chi connectivity index (χ1v) is 5.96. The summed E-state index contributed by atoms with van der Waals surface area (Å²) >= 11 is 0. The van der Waals surface area contributed by atoms with Crippen LogP contribution in [0.4, 0.5) is 4.39 Å². The maximum atomic E-state index is 13.1. The van der Waals surface area contributed by atoms with Gasteiger partial charge in [0.1, 0.15) is 5.82 Å². The third-order valence-corrected chi connectivity index (χ3v) is 3.04. The lowest BCUT2D eigenvalue weighted by Crippen LogP contribution is -2.21. The average Bonchev–Trinajstić information content (AvgIpc) is 2.26. The fraction of sp³-hybridized carbons (Fsp3) is 0.357. The minimum atomic E-state index is -1.05. The number of rotatable bonds is 5. The molecule has 0 heterocycles. The molecule has 4 heteroatoms. The van der Waals surface area contributed by atoms with E-state index in [0.717, 1.165) is 24.5 Å². The lowest BCUT2D eigenvalue weighted by atomic mass is 9.96. The molecule has 18 heavy (non-hydrogen) atoms. The fourth-order valence-electron chi connectivity index (χ4n) is 1.76. The summed E-state index contributed by atoms with van der Waals surface area (Å²) in [5.74, 6) is -1.43. The Morgan fingerprint density at radius 1 is 1.50 bits per heavy atom. The molecule has 2 rings (SSSR count). The normalized spacial score (nSPS) is 15.8. The number of carboxylic acid groups (broad SMARTS) is 1. The van der Waals surface area contributed by atoms with Crippen LogP contribution in [0.5, 0.6) is 0 Å². The summed E-state index contributed by atoms with van der Waals surface area (Å²) in [4.78, 5) is 10.5. The van der Waals surface area contributed by atoms with Crippen LogP contribution in [-0.4, -0.2) is 17.2 Å². The molecule has 1 aliphatic carbocycles. The number of hydrogen-bond acceptors (Lipinski definition) is 2. The highest BCUT2D eigenvalue weighted by molar-refractivity contribution is 5.85. The topological polar surface area (TPSA) is 46.5 Å². The molecule has 0 aliphatic heterocycles. The van der Waals surface area contributed by atoms with Crippen LogP contribution in [0.25, 0.3) is 6.08 Å². The van der Waals surface area contributed by atoms with Crippen LogP contribution in [0.15, 0.2) is 24.3 Å². The predicted molar refractivity (Wildman–Crippen MR) is 65.5 cm³/mol. The lowest BCUT2D eigenvalue weighted by Gasteiger charge is -2.25. The molecular weight excluding hydrogens is 235 g/mol. The highest BCUT2D eigenvalue weighted by Gasteiger charge is 2.18. The first-order valence-electron chi connectivity index (χ1n) is 5.96. The van der Waals surface area contributed by atoms with Gasteiger partial charge < -0.3 is 9.84 Å². The van der Waals surface area contributed by atoms with Gasteiger partial charge in [0, 0.05) is 6.08 Å². The molecule has 1 saturated carbocycles. The third kappa shape index (κ3) is 3.40. The van der Waals surface area contributed by atoms with Crippen molar-refractivity contribution in [3.8, 4) is 0 Å². The first-order chi connectivity index (χ1) is 8.65. The standard InChI is InChI=1S/C14H15FO3/c15-12-6-4-11(9-18-13-2-1-3-13)10(8-12)5-7-14(16)17/h4-8,13H,1-3,9H2,(H,16,17). The zero-order valence-electron chi connectivity index (χ0n) is 9.93. The largest absolute Gasteiger partial charge is 0.478 e. The molecule has 1 fully saturated rings. The predicted octanol–water partition coefficient (Wildman–Crippen LogP) is 2.99. The molecular formula is C14H15FO3. The van der Waals surface area contributed by atoms with E-state index in [0.29, 0.717) is 18.3 Å². The molecule has 1 aromatic rings. The summed E-state index contributed by atoms with van der Waals surface area (Å²) in [5.41, 5.74) is 1.36. The van der Waals surface area contributed by atoms with Crippen LogP contribution in [0.2, 0.25) is 0 Å². The summed E-state index contributed by atoms with van der Waals surface area (Å²) in [7, 11) is 0. The van der Waals surface area contributed by atoms with Crippen LogP contribution < -0.4 is 0 Å². The number of benzene rings is 1. The number of aliphatic carboxylic acids is 1. The van der Waals surface area contributed by atoms with E-state index in [2.05, 4.69) is 0 Å². The van der Waals surface area contributed by atoms with Crippen LogP contribution in [-0.2, 0) is 16.1 Å². The fourth-order valence-corrected chi connectivity index (χ4v) is 1.76. The Balaban J connectivity index is 2.08. The van der Waals surface area contributed by atoms with E-state index >= 15 is 0 Å². The molecule has 0 aromatic heterocycles. The molecule has 1 N–H and O–H groups in total. The van der Waals surface area contributed by atoms with Gasteiger partial charge in [0.2, 0.25) is 0 Å². The van der Waals surface area contributed by atoms with E-state index in [1.807, 2.05) is 0 Å². The van der Waals surface area contributed by atoms with Crippen molar-refractivity contribution in [2.24, 2.45) is 0 Å². The van der Waals surface area contributed by atoms with E-state index < -0.39 is 5.97 Å². The van der Waals surface area contributed by atoms with Gasteiger partial charge in [-0.2, -0.15) is 0 Å². The molecule has 0 atom stereocenters. The van der Waals surface area contributed by atoms with Gasteiger partial charge in [-0.15, -0.1) is 0 Å². The van der Waals surface area contributed by atoms with Crippen LogP contribution in [0.1, 0.15) is 30.4 Å². The second-order valence-corrected chi connectivity index (χ2v) is 4.38. The SMILES string of the molecule is O=C(O)C=Cc1cc(F)ccc1COC1CCC1. The Bertz CT molecular complexity index is 464. The average molecular weight is 250 g/mol. The van der Waals surface area contributed by atoms with Crippen LogP contribution >= 0.6 is 0 Å². The number of carbonyl (C=O) groups is 1. The van der Waals surface area contributed by atoms with Gasteiger partial charge in [-0.05, 0) is 48.6 Å². The summed E-state index contributed by atoms with van der Waals surface area (Å²) < 4.78 is 18.8. The van der Waals surface area contributed by atoms with E-state index in [-0.39, 0.29) is 5.82 Å². The second kappa shape index (κ2) is 5.78. The molecule has 0 radical (unpaired) electrons. The second-order valence-electron chi connectivity index (χ2n) is 4.38. The lowest BCUT2D eigenvalue weighted by molar-refractivity contribution is -0.131. The molecule has 0 saturated heterocycles. The van der Waals surface area contributed by atoms with Gasteiger partial charge in [-0.25, -0.2) is 9.18 Å². The van der Waals surface area contributed by atoms with Crippen molar-refractivity contribution < 1.29 is 19.0 Å². The maximum absolute atomic E-state index is 13.1. The Morgan fingerprint density at radius 3 is 2.89 bits per heavy atom. The van der Waals surface area contributed by atoms with Crippen molar-refractivity contribution >= 4 is 12.0 Å². The number of ether oxygens (including phenoxy) is 1. The third-order valence-electron chi connectivity index (χ3n) is 3.04. The van der Waals surface area contributed by atoms with Crippen molar-refractivity contribution in [1.29, 1.82) is 0 Å².